The average molecular weight is 572 g/mol. The van der Waals surface area contributed by atoms with Crippen LogP contribution in [0, 0.1) is 5.82 Å². The fraction of sp³-hybridized carbons (Fsp3) is 0.286. The Morgan fingerprint density at radius 1 is 1.15 bits per heavy atom. The van der Waals surface area contributed by atoms with E-state index in [4.69, 9.17) is 4.74 Å². The Morgan fingerprint density at radius 3 is 2.73 bits per heavy atom. The highest BCUT2D eigenvalue weighted by Crippen LogP contribution is 2.33. The summed E-state index contributed by atoms with van der Waals surface area (Å²) in [5.41, 5.74) is -0.339. The maximum Gasteiger partial charge on any atom is 0.573 e. The molecule has 1 saturated heterocycles. The molecule has 1 atom stereocenters. The van der Waals surface area contributed by atoms with Gasteiger partial charge in [0.1, 0.15) is 11.8 Å². The molecule has 0 aliphatic carbocycles. The van der Waals surface area contributed by atoms with Gasteiger partial charge in [-0.3, -0.25) is 24.0 Å². The van der Waals surface area contributed by atoms with E-state index in [1.165, 1.54) is 30.5 Å². The summed E-state index contributed by atoms with van der Waals surface area (Å²) in [7, 11) is 0. The van der Waals surface area contributed by atoms with Crippen LogP contribution < -0.4 is 15.6 Å². The Bertz CT molecular complexity index is 1620. The van der Waals surface area contributed by atoms with Crippen molar-refractivity contribution in [2.75, 3.05) is 31.6 Å². The van der Waals surface area contributed by atoms with Crippen LogP contribution in [0.5, 0.6) is 5.75 Å². The largest absolute Gasteiger partial charge is 0.573 e. The van der Waals surface area contributed by atoms with E-state index in [2.05, 4.69) is 20.0 Å². The number of benzene rings is 2. The normalized spacial score (nSPS) is 15.3. The second kappa shape index (κ2) is 11.6. The summed E-state index contributed by atoms with van der Waals surface area (Å²) in [4.78, 5) is 36.4. The molecule has 9 nitrogen and oxygen atoms in total. The summed E-state index contributed by atoms with van der Waals surface area (Å²) in [6.07, 6.45) is -0.220. The van der Waals surface area contributed by atoms with E-state index in [-0.39, 0.29) is 27.8 Å². The van der Waals surface area contributed by atoms with Crippen molar-refractivity contribution >= 4 is 22.5 Å². The fourth-order valence-electron chi connectivity index (χ4n) is 4.62. The quantitative estimate of drug-likeness (QED) is 0.340. The first-order valence-electron chi connectivity index (χ1n) is 12.8. The minimum absolute atomic E-state index is 0.0455. The Labute approximate surface area is 231 Å². The van der Waals surface area contributed by atoms with Crippen LogP contribution in [0.1, 0.15) is 13.3 Å². The standard InChI is InChI=1S/C28H25F4N5O4/c1-17(36-10-3-12-40-13-11-36)26(38)35-22-14-19(5-8-23(22)41-28(30,31)32)37-16-34-25-21(27(37)39)7-6-20(24(25)29)18-4-2-9-33-15-18/h2,4-9,14-17H,3,10-13H2,1H3,(H,35,38). The van der Waals surface area contributed by atoms with Crippen LogP contribution in [0.15, 0.2) is 66.0 Å². The van der Waals surface area contributed by atoms with Crippen molar-refractivity contribution in [3.8, 4) is 22.6 Å². The Morgan fingerprint density at radius 2 is 1.98 bits per heavy atom. The highest BCUT2D eigenvalue weighted by atomic mass is 19.4. The number of carbonyl (C=O) groups is 1. The maximum atomic E-state index is 15.3. The van der Waals surface area contributed by atoms with Crippen LogP contribution in [0.25, 0.3) is 27.7 Å². The van der Waals surface area contributed by atoms with Gasteiger partial charge in [-0.25, -0.2) is 9.37 Å². The third kappa shape index (κ3) is 6.20. The maximum absolute atomic E-state index is 15.3. The zero-order valence-corrected chi connectivity index (χ0v) is 21.8. The second-order valence-corrected chi connectivity index (χ2v) is 9.38. The Kier molecular flexibility index (Phi) is 7.99. The molecular weight excluding hydrogens is 546 g/mol. The summed E-state index contributed by atoms with van der Waals surface area (Å²) in [6, 6.07) is 8.86. The van der Waals surface area contributed by atoms with E-state index in [0.29, 0.717) is 38.3 Å². The van der Waals surface area contributed by atoms with Crippen LogP contribution in [-0.2, 0) is 9.53 Å². The van der Waals surface area contributed by atoms with E-state index >= 15 is 4.39 Å². The zero-order chi connectivity index (χ0) is 29.1. The van der Waals surface area contributed by atoms with Gasteiger partial charge in [-0.2, -0.15) is 0 Å². The van der Waals surface area contributed by atoms with Gasteiger partial charge in [0.15, 0.2) is 11.6 Å². The molecular formula is C28H25F4N5O4. The average Bonchev–Trinajstić information content (AvgIpc) is 3.24. The summed E-state index contributed by atoms with van der Waals surface area (Å²) in [5, 5.41) is 2.46. The molecule has 1 fully saturated rings. The predicted octanol–water partition coefficient (Wildman–Crippen LogP) is 4.53. The Hall–Kier alpha value is -4.36. The van der Waals surface area contributed by atoms with Crippen molar-refractivity contribution in [1.29, 1.82) is 0 Å². The van der Waals surface area contributed by atoms with Gasteiger partial charge in [0, 0.05) is 43.2 Å². The van der Waals surface area contributed by atoms with E-state index in [1.54, 1.807) is 25.3 Å². The molecule has 0 radical (unpaired) electrons. The molecule has 0 spiro atoms. The highest BCUT2D eigenvalue weighted by molar-refractivity contribution is 5.96. The minimum atomic E-state index is -5.03. The number of pyridine rings is 1. The molecule has 1 unspecified atom stereocenters. The molecule has 1 aliphatic heterocycles. The lowest BCUT2D eigenvalue weighted by Crippen LogP contribution is -2.43. The van der Waals surface area contributed by atoms with Crippen LogP contribution in [0.2, 0.25) is 0 Å². The first-order chi connectivity index (χ1) is 19.6. The van der Waals surface area contributed by atoms with Gasteiger partial charge >= 0.3 is 6.36 Å². The lowest BCUT2D eigenvalue weighted by atomic mass is 10.0. The topological polar surface area (TPSA) is 98.6 Å². The molecule has 1 amide bonds. The number of fused-ring (bicyclic) bond motifs is 1. The summed E-state index contributed by atoms with van der Waals surface area (Å²) < 4.78 is 65.4. The SMILES string of the molecule is CC(C(=O)Nc1cc(-n2cnc3c(F)c(-c4cccnc4)ccc3c2=O)ccc1OC(F)(F)F)N1CCCOCC1. The molecule has 1 N–H and O–H groups in total. The molecule has 1 aliphatic rings. The molecule has 5 rings (SSSR count). The summed E-state index contributed by atoms with van der Waals surface area (Å²) >= 11 is 0. The molecule has 2 aromatic heterocycles. The number of nitrogens with zero attached hydrogens (tertiary/aromatic N) is 4. The first kappa shape index (κ1) is 28.2. The number of anilines is 1. The van der Waals surface area contributed by atoms with Gasteiger partial charge in [0.25, 0.3) is 5.56 Å². The number of amides is 1. The second-order valence-electron chi connectivity index (χ2n) is 9.38. The first-order valence-corrected chi connectivity index (χ1v) is 12.8. The minimum Gasteiger partial charge on any atom is -0.404 e. The van der Waals surface area contributed by atoms with Crippen molar-refractivity contribution in [3.63, 3.8) is 0 Å². The number of ether oxygens (including phenoxy) is 2. The summed E-state index contributed by atoms with van der Waals surface area (Å²) in [5.74, 6) is -1.94. The number of rotatable bonds is 6. The zero-order valence-electron chi connectivity index (χ0n) is 21.8. The van der Waals surface area contributed by atoms with Gasteiger partial charge in [-0.15, -0.1) is 13.2 Å². The molecule has 0 bridgehead atoms. The number of halogens is 4. The summed E-state index contributed by atoms with van der Waals surface area (Å²) in [6.45, 7) is 3.69. The van der Waals surface area contributed by atoms with Crippen molar-refractivity contribution < 1.29 is 31.8 Å². The van der Waals surface area contributed by atoms with Gasteiger partial charge in [0.05, 0.1) is 29.4 Å². The molecule has 3 heterocycles. The van der Waals surface area contributed by atoms with Gasteiger partial charge in [-0.1, -0.05) is 12.1 Å². The molecule has 4 aromatic rings. The van der Waals surface area contributed by atoms with Crippen molar-refractivity contribution in [2.45, 2.75) is 25.7 Å². The van der Waals surface area contributed by atoms with Crippen molar-refractivity contribution in [1.82, 2.24) is 19.4 Å². The third-order valence-electron chi connectivity index (χ3n) is 6.75. The third-order valence-corrected chi connectivity index (χ3v) is 6.75. The number of nitrogens with one attached hydrogen (secondary N) is 1. The predicted molar refractivity (Wildman–Crippen MR) is 142 cm³/mol. The molecule has 13 heteroatoms. The van der Waals surface area contributed by atoms with E-state index < -0.39 is 35.4 Å². The molecule has 214 valence electrons. The lowest BCUT2D eigenvalue weighted by Gasteiger charge is -2.26. The van der Waals surface area contributed by atoms with Crippen LogP contribution in [-0.4, -0.2) is 64.0 Å². The number of carbonyl (C=O) groups excluding carboxylic acids is 1. The fourth-order valence-corrected chi connectivity index (χ4v) is 4.62. The van der Waals surface area contributed by atoms with E-state index in [0.717, 1.165) is 17.0 Å². The van der Waals surface area contributed by atoms with E-state index in [1.807, 2.05) is 4.90 Å². The number of hydrogen-bond acceptors (Lipinski definition) is 7. The van der Waals surface area contributed by atoms with Gasteiger partial charge < -0.3 is 14.8 Å². The lowest BCUT2D eigenvalue weighted by molar-refractivity contribution is -0.274. The van der Waals surface area contributed by atoms with Crippen molar-refractivity contribution in [3.05, 3.63) is 77.4 Å². The van der Waals surface area contributed by atoms with Crippen LogP contribution in [0.3, 0.4) is 0 Å². The van der Waals surface area contributed by atoms with Crippen LogP contribution >= 0.6 is 0 Å². The van der Waals surface area contributed by atoms with Gasteiger partial charge in [-0.05, 0) is 43.7 Å². The monoisotopic (exact) mass is 571 g/mol. The van der Waals surface area contributed by atoms with Crippen LogP contribution in [0.4, 0.5) is 23.2 Å². The number of hydrogen-bond donors (Lipinski definition) is 1. The molecule has 41 heavy (non-hydrogen) atoms. The smallest absolute Gasteiger partial charge is 0.404 e. The van der Waals surface area contributed by atoms with Gasteiger partial charge in [0.2, 0.25) is 5.91 Å². The van der Waals surface area contributed by atoms with E-state index in [9.17, 15) is 22.8 Å². The van der Waals surface area contributed by atoms with Crippen molar-refractivity contribution in [2.24, 2.45) is 0 Å². The Balaban J connectivity index is 1.51. The highest BCUT2D eigenvalue weighted by Gasteiger charge is 2.33. The molecule has 0 saturated carbocycles. The number of aromatic nitrogens is 3. The molecule has 2 aromatic carbocycles. The number of alkyl halides is 3.